The summed E-state index contributed by atoms with van der Waals surface area (Å²) in [6, 6.07) is 0. The zero-order valence-electron chi connectivity index (χ0n) is 9.09. The molecule has 0 radical (unpaired) electrons. The lowest BCUT2D eigenvalue weighted by atomic mass is 10.3. The zero-order chi connectivity index (χ0) is 11.4. The van der Waals surface area contributed by atoms with Gasteiger partial charge in [-0.2, -0.15) is 0 Å². The number of rotatable bonds is 3. The van der Waals surface area contributed by atoms with E-state index in [1.807, 2.05) is 6.92 Å². The Hall–Kier alpha value is -1.91. The topological polar surface area (TPSA) is 70.1 Å². The van der Waals surface area contributed by atoms with Gasteiger partial charge in [-0.3, -0.25) is 9.78 Å². The molecule has 1 aromatic heterocycles. The molecule has 0 saturated carbocycles. The fraction of sp³-hybridized carbons (Fsp3) is 0.300. The lowest BCUT2D eigenvalue weighted by Crippen LogP contribution is -2.12. The van der Waals surface area contributed by atoms with E-state index in [1.165, 1.54) is 6.21 Å². The van der Waals surface area contributed by atoms with Crippen molar-refractivity contribution < 1.29 is 0 Å². The first-order valence-electron chi connectivity index (χ1n) is 4.53. The number of hydrogen-bond acceptors (Lipinski definition) is 4. The van der Waals surface area contributed by atoms with Crippen molar-refractivity contribution in [3.8, 4) is 0 Å². The maximum atomic E-state index is 11.6. The summed E-state index contributed by atoms with van der Waals surface area (Å²) >= 11 is 0. The maximum absolute atomic E-state index is 11.6. The second kappa shape index (κ2) is 4.54. The van der Waals surface area contributed by atoms with Gasteiger partial charge in [-0.05, 0) is 19.4 Å². The molecule has 0 aliphatic rings. The fourth-order valence-electron chi connectivity index (χ4n) is 1.02. The van der Waals surface area contributed by atoms with E-state index in [-0.39, 0.29) is 5.56 Å². The van der Waals surface area contributed by atoms with E-state index in [9.17, 15) is 4.79 Å². The van der Waals surface area contributed by atoms with Crippen LogP contribution in [0.4, 0.5) is 11.6 Å². The van der Waals surface area contributed by atoms with Crippen LogP contribution in [-0.4, -0.2) is 23.2 Å². The third kappa shape index (κ3) is 2.77. The summed E-state index contributed by atoms with van der Waals surface area (Å²) in [6.45, 7) is 7.21. The number of allylic oxidation sites excluding steroid dienone is 1. The molecular weight excluding hydrogens is 192 g/mol. The van der Waals surface area contributed by atoms with Crippen molar-refractivity contribution in [3.05, 3.63) is 28.2 Å². The monoisotopic (exact) mass is 206 g/mol. The van der Waals surface area contributed by atoms with E-state index in [0.717, 1.165) is 5.57 Å². The van der Waals surface area contributed by atoms with Crippen LogP contribution >= 0.6 is 0 Å². The van der Waals surface area contributed by atoms with E-state index < -0.39 is 0 Å². The van der Waals surface area contributed by atoms with Gasteiger partial charge in [0.25, 0.3) is 5.56 Å². The van der Waals surface area contributed by atoms with Crippen molar-refractivity contribution in [1.82, 2.24) is 9.97 Å². The molecule has 1 heterocycles. The number of aryl methyl sites for hydroxylation is 1. The Morgan fingerprint density at radius 1 is 1.67 bits per heavy atom. The van der Waals surface area contributed by atoms with Gasteiger partial charge >= 0.3 is 0 Å². The van der Waals surface area contributed by atoms with Crippen molar-refractivity contribution >= 4 is 17.9 Å². The normalized spacial score (nSPS) is 10.6. The lowest BCUT2D eigenvalue weighted by molar-refractivity contribution is 1.05. The van der Waals surface area contributed by atoms with E-state index in [1.54, 1.807) is 14.0 Å². The van der Waals surface area contributed by atoms with Gasteiger partial charge in [0.2, 0.25) is 5.95 Å². The molecule has 80 valence electrons. The van der Waals surface area contributed by atoms with E-state index >= 15 is 0 Å². The second-order valence-corrected chi connectivity index (χ2v) is 3.20. The molecule has 0 fully saturated rings. The Kier molecular flexibility index (Phi) is 3.38. The number of aromatic nitrogens is 2. The van der Waals surface area contributed by atoms with E-state index in [4.69, 9.17) is 0 Å². The standard InChI is InChI=1S/C10H14N4O/c1-6(2)5-12-8-7(3)13-10(11-4)14-9(8)15/h5H,1H2,2-4H3,(H2,11,13,14,15)/b12-5-. The van der Waals surface area contributed by atoms with Gasteiger partial charge in [0, 0.05) is 13.3 Å². The number of nitrogens with zero attached hydrogens (tertiary/aromatic N) is 2. The molecule has 1 aromatic rings. The molecule has 0 saturated heterocycles. The Labute approximate surface area is 88.0 Å². The Bertz CT molecular complexity index is 459. The average Bonchev–Trinajstić information content (AvgIpc) is 2.15. The molecule has 0 amide bonds. The highest BCUT2D eigenvalue weighted by atomic mass is 16.1. The largest absolute Gasteiger partial charge is 0.359 e. The van der Waals surface area contributed by atoms with Gasteiger partial charge in [0.1, 0.15) is 5.69 Å². The maximum Gasteiger partial charge on any atom is 0.278 e. The third-order valence-corrected chi connectivity index (χ3v) is 1.72. The molecule has 0 bridgehead atoms. The summed E-state index contributed by atoms with van der Waals surface area (Å²) in [7, 11) is 1.69. The smallest absolute Gasteiger partial charge is 0.278 e. The highest BCUT2D eigenvalue weighted by Crippen LogP contribution is 2.10. The van der Waals surface area contributed by atoms with Crippen LogP contribution in [0, 0.1) is 6.92 Å². The fourth-order valence-corrected chi connectivity index (χ4v) is 1.02. The molecular formula is C10H14N4O. The number of anilines is 1. The van der Waals surface area contributed by atoms with Crippen LogP contribution in [0.1, 0.15) is 12.6 Å². The minimum Gasteiger partial charge on any atom is -0.359 e. The van der Waals surface area contributed by atoms with Gasteiger partial charge in [-0.15, -0.1) is 0 Å². The SMILES string of the molecule is C=C(C)/C=N\c1c(C)nc(NC)[nH]c1=O. The van der Waals surface area contributed by atoms with Gasteiger partial charge in [0.15, 0.2) is 0 Å². The molecule has 0 aliphatic heterocycles. The average molecular weight is 206 g/mol. The number of aliphatic imine (C=N–C) groups is 1. The van der Waals surface area contributed by atoms with Crippen LogP contribution < -0.4 is 10.9 Å². The third-order valence-electron chi connectivity index (χ3n) is 1.72. The summed E-state index contributed by atoms with van der Waals surface area (Å²) in [6.07, 6.45) is 1.54. The molecule has 1 rings (SSSR count). The molecule has 15 heavy (non-hydrogen) atoms. The van der Waals surface area contributed by atoms with Crippen LogP contribution in [0.5, 0.6) is 0 Å². The molecule has 0 spiro atoms. The predicted molar refractivity (Wildman–Crippen MR) is 62.1 cm³/mol. The molecule has 0 aromatic carbocycles. The molecule has 5 heteroatoms. The lowest BCUT2D eigenvalue weighted by Gasteiger charge is -2.02. The summed E-state index contributed by atoms with van der Waals surface area (Å²) in [5.74, 6) is 0.437. The Morgan fingerprint density at radius 2 is 2.33 bits per heavy atom. The van der Waals surface area contributed by atoms with Crippen molar-refractivity contribution in [2.75, 3.05) is 12.4 Å². The molecule has 0 unspecified atom stereocenters. The first-order chi connectivity index (χ1) is 7.04. The van der Waals surface area contributed by atoms with Gasteiger partial charge in [-0.1, -0.05) is 6.58 Å². The molecule has 5 nitrogen and oxygen atoms in total. The van der Waals surface area contributed by atoms with Crippen LogP contribution in [-0.2, 0) is 0 Å². The summed E-state index contributed by atoms with van der Waals surface area (Å²) in [4.78, 5) is 22.3. The van der Waals surface area contributed by atoms with Crippen molar-refractivity contribution in [2.24, 2.45) is 4.99 Å². The highest BCUT2D eigenvalue weighted by Gasteiger charge is 2.04. The molecule has 2 N–H and O–H groups in total. The summed E-state index contributed by atoms with van der Waals surface area (Å²) < 4.78 is 0. The van der Waals surface area contributed by atoms with Crippen LogP contribution in [0.3, 0.4) is 0 Å². The first-order valence-corrected chi connectivity index (χ1v) is 4.53. The quantitative estimate of drug-likeness (QED) is 0.734. The number of hydrogen-bond donors (Lipinski definition) is 2. The number of nitrogens with one attached hydrogen (secondary N) is 2. The molecule has 0 atom stereocenters. The van der Waals surface area contributed by atoms with Crippen LogP contribution in [0.2, 0.25) is 0 Å². The van der Waals surface area contributed by atoms with E-state index in [2.05, 4.69) is 26.9 Å². The summed E-state index contributed by atoms with van der Waals surface area (Å²) in [5.41, 5.74) is 1.42. The van der Waals surface area contributed by atoms with Crippen LogP contribution in [0.15, 0.2) is 21.9 Å². The minimum atomic E-state index is -0.260. The van der Waals surface area contributed by atoms with Gasteiger partial charge in [-0.25, -0.2) is 9.98 Å². The molecule has 0 aliphatic carbocycles. The van der Waals surface area contributed by atoms with Crippen LogP contribution in [0.25, 0.3) is 0 Å². The summed E-state index contributed by atoms with van der Waals surface area (Å²) in [5, 5.41) is 2.76. The van der Waals surface area contributed by atoms with Crippen molar-refractivity contribution in [1.29, 1.82) is 0 Å². The zero-order valence-corrected chi connectivity index (χ0v) is 9.09. The van der Waals surface area contributed by atoms with Crippen molar-refractivity contribution in [3.63, 3.8) is 0 Å². The minimum absolute atomic E-state index is 0.260. The predicted octanol–water partition coefficient (Wildman–Crippen LogP) is 1.40. The van der Waals surface area contributed by atoms with Gasteiger partial charge in [0.05, 0.1) is 5.69 Å². The first kappa shape index (κ1) is 11.2. The van der Waals surface area contributed by atoms with E-state index in [0.29, 0.717) is 17.3 Å². The number of aromatic amines is 1. The highest BCUT2D eigenvalue weighted by molar-refractivity contribution is 5.79. The Balaban J connectivity index is 3.20. The van der Waals surface area contributed by atoms with Gasteiger partial charge < -0.3 is 5.32 Å². The number of H-pyrrole nitrogens is 1. The van der Waals surface area contributed by atoms with Crippen molar-refractivity contribution in [2.45, 2.75) is 13.8 Å². The second-order valence-electron chi connectivity index (χ2n) is 3.20. The Morgan fingerprint density at radius 3 is 2.80 bits per heavy atom.